The molecular formula is C19H12ClF3N4O. The molecule has 0 unspecified atom stereocenters. The third-order valence-corrected chi connectivity index (χ3v) is 4.68. The number of rotatable bonds is 3. The third-order valence-electron chi connectivity index (χ3n) is 4.31. The molecule has 0 saturated carbocycles. The second-order valence-corrected chi connectivity index (χ2v) is 6.34. The Balaban J connectivity index is 2.08. The minimum absolute atomic E-state index is 0.0598. The van der Waals surface area contributed by atoms with Crippen molar-refractivity contribution in [1.82, 2.24) is 15.0 Å². The van der Waals surface area contributed by atoms with Gasteiger partial charge in [0.2, 0.25) is 0 Å². The number of hydrogen-bond acceptors (Lipinski definition) is 5. The Labute approximate surface area is 162 Å². The van der Waals surface area contributed by atoms with E-state index in [0.29, 0.717) is 10.8 Å². The molecule has 0 atom stereocenters. The molecule has 2 aromatic carbocycles. The molecule has 0 saturated heterocycles. The van der Waals surface area contributed by atoms with Crippen LogP contribution in [0.4, 0.5) is 19.1 Å². The smallest absolute Gasteiger partial charge is 0.318 e. The van der Waals surface area contributed by atoms with Crippen molar-refractivity contribution in [3.05, 3.63) is 53.2 Å². The summed E-state index contributed by atoms with van der Waals surface area (Å²) in [7, 11) is 2.40. The van der Waals surface area contributed by atoms with E-state index in [0.717, 1.165) is 7.05 Å². The predicted molar refractivity (Wildman–Crippen MR) is 101 cm³/mol. The lowest BCUT2D eigenvalue weighted by atomic mass is 10.0. The van der Waals surface area contributed by atoms with Crippen LogP contribution >= 0.6 is 11.6 Å². The molecule has 0 aliphatic rings. The average molecular weight is 405 g/mol. The molecule has 4 aromatic rings. The Morgan fingerprint density at radius 2 is 1.89 bits per heavy atom. The van der Waals surface area contributed by atoms with Gasteiger partial charge in [0.15, 0.2) is 11.6 Å². The molecule has 4 rings (SSSR count). The zero-order valence-corrected chi connectivity index (χ0v) is 15.4. The molecule has 0 radical (unpaired) electrons. The molecule has 9 heteroatoms. The monoisotopic (exact) mass is 404 g/mol. The molecule has 0 aliphatic heterocycles. The average Bonchev–Trinajstić information content (AvgIpc) is 2.70. The number of aromatic nitrogens is 3. The fourth-order valence-corrected chi connectivity index (χ4v) is 3.32. The van der Waals surface area contributed by atoms with Crippen molar-refractivity contribution in [3.63, 3.8) is 0 Å². The van der Waals surface area contributed by atoms with Crippen LogP contribution in [-0.4, -0.2) is 29.1 Å². The zero-order valence-electron chi connectivity index (χ0n) is 14.7. The highest BCUT2D eigenvalue weighted by molar-refractivity contribution is 6.36. The molecule has 142 valence electrons. The zero-order chi connectivity index (χ0) is 20.0. The molecular weight excluding hydrogens is 393 g/mol. The summed E-state index contributed by atoms with van der Waals surface area (Å²) in [6.07, 6.45) is 1.25. The molecule has 0 bridgehead atoms. The SMILES string of the molecule is COc1nc(N(C)F)c2cnc(-c3cccc4ccc(F)c(Cl)c34)c(F)c2n1. The van der Waals surface area contributed by atoms with Crippen LogP contribution in [0.2, 0.25) is 5.02 Å². The fourth-order valence-electron chi connectivity index (χ4n) is 3.04. The lowest BCUT2D eigenvalue weighted by molar-refractivity contribution is 0.378. The van der Waals surface area contributed by atoms with Crippen molar-refractivity contribution < 1.29 is 18.0 Å². The summed E-state index contributed by atoms with van der Waals surface area (Å²) in [5.74, 6) is -1.65. The summed E-state index contributed by atoms with van der Waals surface area (Å²) >= 11 is 6.14. The van der Waals surface area contributed by atoms with Gasteiger partial charge in [0.25, 0.3) is 0 Å². The van der Waals surface area contributed by atoms with Crippen LogP contribution in [0.25, 0.3) is 32.9 Å². The van der Waals surface area contributed by atoms with E-state index in [2.05, 4.69) is 15.0 Å². The number of ether oxygens (including phenoxy) is 1. The molecule has 2 heterocycles. The fraction of sp³-hybridized carbons (Fsp3) is 0.105. The largest absolute Gasteiger partial charge is 0.467 e. The molecule has 0 N–H and O–H groups in total. The highest BCUT2D eigenvalue weighted by Gasteiger charge is 2.21. The van der Waals surface area contributed by atoms with Crippen LogP contribution in [0.1, 0.15) is 0 Å². The molecule has 28 heavy (non-hydrogen) atoms. The minimum Gasteiger partial charge on any atom is -0.467 e. The first kappa shape index (κ1) is 18.2. The van der Waals surface area contributed by atoms with Crippen LogP contribution < -0.4 is 9.86 Å². The van der Waals surface area contributed by atoms with E-state index in [1.807, 2.05) is 0 Å². The predicted octanol–water partition coefficient (Wildman–Crippen LogP) is 5.11. The van der Waals surface area contributed by atoms with Crippen molar-refractivity contribution >= 4 is 39.1 Å². The maximum absolute atomic E-state index is 15.4. The number of methoxy groups -OCH3 is 1. The Morgan fingerprint density at radius 3 is 2.61 bits per heavy atom. The van der Waals surface area contributed by atoms with Gasteiger partial charge >= 0.3 is 6.01 Å². The number of anilines is 1. The van der Waals surface area contributed by atoms with E-state index in [-0.39, 0.29) is 44.1 Å². The highest BCUT2D eigenvalue weighted by Crippen LogP contribution is 2.37. The molecule has 2 aromatic heterocycles. The van der Waals surface area contributed by atoms with Crippen LogP contribution in [0.3, 0.4) is 0 Å². The Kier molecular flexibility index (Phi) is 4.43. The van der Waals surface area contributed by atoms with Crippen molar-refractivity contribution in [2.24, 2.45) is 0 Å². The summed E-state index contributed by atoms with van der Waals surface area (Å²) in [5.41, 5.74) is 0.00817. The Bertz CT molecular complexity index is 1230. The summed E-state index contributed by atoms with van der Waals surface area (Å²) in [6, 6.07) is 7.56. The molecule has 0 spiro atoms. The van der Waals surface area contributed by atoms with Crippen molar-refractivity contribution in [3.8, 4) is 17.3 Å². The number of benzene rings is 2. The highest BCUT2D eigenvalue weighted by atomic mass is 35.5. The van der Waals surface area contributed by atoms with Gasteiger partial charge in [-0.3, -0.25) is 4.98 Å². The summed E-state index contributed by atoms with van der Waals surface area (Å²) in [5, 5.41) is 1.08. The van der Waals surface area contributed by atoms with Gasteiger partial charge in [0.05, 0.1) is 17.5 Å². The van der Waals surface area contributed by atoms with Crippen LogP contribution in [0.5, 0.6) is 6.01 Å². The van der Waals surface area contributed by atoms with E-state index in [4.69, 9.17) is 16.3 Å². The summed E-state index contributed by atoms with van der Waals surface area (Å²) in [4.78, 5) is 12.0. The number of nitrogens with zero attached hydrogens (tertiary/aromatic N) is 4. The van der Waals surface area contributed by atoms with Gasteiger partial charge < -0.3 is 4.74 Å². The number of halogens is 4. The summed E-state index contributed by atoms with van der Waals surface area (Å²) < 4.78 is 48.2. The van der Waals surface area contributed by atoms with Gasteiger partial charge in [-0.15, -0.1) is 0 Å². The number of hydrogen-bond donors (Lipinski definition) is 0. The maximum atomic E-state index is 15.4. The molecule has 5 nitrogen and oxygen atoms in total. The van der Waals surface area contributed by atoms with Crippen LogP contribution in [-0.2, 0) is 0 Å². The number of pyridine rings is 1. The second kappa shape index (κ2) is 6.79. The van der Waals surface area contributed by atoms with E-state index in [1.165, 1.54) is 19.4 Å². The standard InChI is InChI=1S/C19H12ClF3N4O/c1-27(23)18-11-8-24-16(15(22)17(11)25-19(26-18)28-2)10-5-3-4-9-6-7-12(21)14(20)13(9)10/h3-8H,1-2H3. The van der Waals surface area contributed by atoms with E-state index in [9.17, 15) is 8.87 Å². The van der Waals surface area contributed by atoms with Gasteiger partial charge in [-0.25, -0.2) is 8.78 Å². The van der Waals surface area contributed by atoms with Crippen molar-refractivity contribution in [1.29, 1.82) is 0 Å². The van der Waals surface area contributed by atoms with E-state index < -0.39 is 11.6 Å². The number of fused-ring (bicyclic) bond motifs is 2. The maximum Gasteiger partial charge on any atom is 0.318 e. The first-order valence-electron chi connectivity index (χ1n) is 8.09. The van der Waals surface area contributed by atoms with Crippen molar-refractivity contribution in [2.45, 2.75) is 0 Å². The first-order valence-corrected chi connectivity index (χ1v) is 8.47. The quantitative estimate of drug-likeness (QED) is 0.444. The normalized spacial score (nSPS) is 11.2. The van der Waals surface area contributed by atoms with Crippen LogP contribution in [0.15, 0.2) is 36.5 Å². The lowest BCUT2D eigenvalue weighted by Gasteiger charge is -2.14. The summed E-state index contributed by atoms with van der Waals surface area (Å²) in [6.45, 7) is 0. The second-order valence-electron chi connectivity index (χ2n) is 5.96. The van der Waals surface area contributed by atoms with Gasteiger partial charge in [0, 0.05) is 24.2 Å². The van der Waals surface area contributed by atoms with Gasteiger partial charge in [-0.1, -0.05) is 40.3 Å². The van der Waals surface area contributed by atoms with E-state index in [1.54, 1.807) is 24.3 Å². The molecule has 0 aliphatic carbocycles. The first-order chi connectivity index (χ1) is 13.4. The lowest BCUT2D eigenvalue weighted by Crippen LogP contribution is -2.09. The van der Waals surface area contributed by atoms with Gasteiger partial charge in [-0.2, -0.15) is 15.1 Å². The van der Waals surface area contributed by atoms with Gasteiger partial charge in [-0.05, 0) is 11.5 Å². The Morgan fingerprint density at radius 1 is 1.11 bits per heavy atom. The third kappa shape index (κ3) is 2.77. The van der Waals surface area contributed by atoms with E-state index >= 15 is 4.39 Å². The topological polar surface area (TPSA) is 51.1 Å². The van der Waals surface area contributed by atoms with Crippen LogP contribution in [0, 0.1) is 11.6 Å². The molecule has 0 fully saturated rings. The Hall–Kier alpha value is -3.13. The van der Waals surface area contributed by atoms with Crippen molar-refractivity contribution in [2.75, 3.05) is 19.3 Å². The van der Waals surface area contributed by atoms with Gasteiger partial charge in [0.1, 0.15) is 17.0 Å². The molecule has 0 amide bonds. The minimum atomic E-state index is -0.825.